The molecule has 3 heterocycles. The summed E-state index contributed by atoms with van der Waals surface area (Å²) in [5, 5.41) is 0.520. The van der Waals surface area contributed by atoms with E-state index in [1.165, 1.54) is 6.42 Å². The lowest BCUT2D eigenvalue weighted by Crippen LogP contribution is -2.20. The number of hydrogen-bond donors (Lipinski definition) is 0. The lowest BCUT2D eigenvalue weighted by Gasteiger charge is -2.08. The van der Waals surface area contributed by atoms with Crippen molar-refractivity contribution in [2.45, 2.75) is 39.2 Å². The van der Waals surface area contributed by atoms with Crippen molar-refractivity contribution in [2.24, 2.45) is 0 Å². The third kappa shape index (κ3) is 3.53. The zero-order valence-corrected chi connectivity index (χ0v) is 18.8. The second kappa shape index (κ2) is 8.23. The highest BCUT2D eigenvalue weighted by Gasteiger charge is 2.20. The molecule has 5 rings (SSSR count). The molecule has 5 aromatic rings. The van der Waals surface area contributed by atoms with E-state index in [4.69, 9.17) is 15.0 Å². The van der Waals surface area contributed by atoms with Gasteiger partial charge in [0.05, 0.1) is 23.0 Å². The molecular weight excluding hydrogens is 454 g/mol. The fraction of sp³-hybridized carbons (Fsp3) is 0.250. The van der Waals surface area contributed by atoms with Gasteiger partial charge in [-0.1, -0.05) is 60.3 Å². The summed E-state index contributed by atoms with van der Waals surface area (Å²) >= 11 is 3.55. The van der Waals surface area contributed by atoms with Crippen LogP contribution in [0.5, 0.6) is 0 Å². The number of fused-ring (bicyclic) bond motifs is 4. The van der Waals surface area contributed by atoms with Crippen molar-refractivity contribution in [2.75, 3.05) is 0 Å². The van der Waals surface area contributed by atoms with E-state index in [2.05, 4.69) is 22.9 Å². The lowest BCUT2D eigenvalue weighted by molar-refractivity contribution is 0.567. The number of aromatic nitrogens is 5. The molecule has 7 heteroatoms. The Balaban J connectivity index is 1.81. The molecule has 6 nitrogen and oxygen atoms in total. The molecule has 0 aliphatic rings. The quantitative estimate of drug-likeness (QED) is 0.298. The van der Waals surface area contributed by atoms with Crippen molar-refractivity contribution in [1.29, 1.82) is 0 Å². The fourth-order valence-corrected chi connectivity index (χ4v) is 4.39. The Morgan fingerprint density at radius 1 is 0.935 bits per heavy atom. The van der Waals surface area contributed by atoms with E-state index in [0.717, 1.165) is 40.5 Å². The van der Waals surface area contributed by atoms with E-state index >= 15 is 0 Å². The van der Waals surface area contributed by atoms with Crippen molar-refractivity contribution in [1.82, 2.24) is 24.1 Å². The van der Waals surface area contributed by atoms with Gasteiger partial charge >= 0.3 is 0 Å². The predicted molar refractivity (Wildman–Crippen MR) is 128 cm³/mol. The molecule has 2 aromatic carbocycles. The van der Waals surface area contributed by atoms with Gasteiger partial charge in [0.2, 0.25) is 0 Å². The average Bonchev–Trinajstić information content (AvgIpc) is 3.10. The van der Waals surface area contributed by atoms with Gasteiger partial charge in [-0.15, -0.1) is 0 Å². The van der Waals surface area contributed by atoms with Gasteiger partial charge in [0.25, 0.3) is 5.56 Å². The smallest absolute Gasteiger partial charge is 0.265 e. The first-order valence-corrected chi connectivity index (χ1v) is 11.4. The predicted octanol–water partition coefficient (Wildman–Crippen LogP) is 5.63. The molecule has 0 spiro atoms. The normalized spacial score (nSPS) is 11.7. The van der Waals surface area contributed by atoms with Gasteiger partial charge in [-0.25, -0.2) is 15.0 Å². The molecule has 0 atom stereocenters. The van der Waals surface area contributed by atoms with Gasteiger partial charge in [-0.3, -0.25) is 13.9 Å². The van der Waals surface area contributed by atoms with Crippen molar-refractivity contribution in [3.8, 4) is 5.69 Å². The van der Waals surface area contributed by atoms with Gasteiger partial charge in [-0.05, 0) is 36.8 Å². The van der Waals surface area contributed by atoms with Crippen LogP contribution < -0.4 is 5.56 Å². The van der Waals surface area contributed by atoms with Crippen LogP contribution >= 0.6 is 15.9 Å². The van der Waals surface area contributed by atoms with E-state index in [1.807, 2.05) is 53.1 Å². The zero-order valence-electron chi connectivity index (χ0n) is 17.3. The van der Waals surface area contributed by atoms with Gasteiger partial charge in [0, 0.05) is 11.0 Å². The standard InChI is InChI=1S/C24H22BrN5O/c1-2-3-4-7-13-29-15-26-22-20(24(29)31)21-23(28-19-12-6-5-11-18(19)27-21)30(22)17-10-8-9-16(25)14-17/h5-6,8-12,14-15H,2-4,7,13H2,1H3. The topological polar surface area (TPSA) is 65.6 Å². The third-order valence-corrected chi connectivity index (χ3v) is 6.04. The fourth-order valence-electron chi connectivity index (χ4n) is 4.00. The molecule has 0 radical (unpaired) electrons. The van der Waals surface area contributed by atoms with Crippen molar-refractivity contribution in [3.05, 3.63) is 69.7 Å². The van der Waals surface area contributed by atoms with E-state index in [0.29, 0.717) is 28.7 Å². The Labute approximate surface area is 187 Å². The summed E-state index contributed by atoms with van der Waals surface area (Å²) in [6, 6.07) is 15.6. The van der Waals surface area contributed by atoms with Crippen LogP contribution in [0.3, 0.4) is 0 Å². The van der Waals surface area contributed by atoms with Crippen molar-refractivity contribution in [3.63, 3.8) is 0 Å². The number of hydrogen-bond acceptors (Lipinski definition) is 4. The highest BCUT2D eigenvalue weighted by Crippen LogP contribution is 2.29. The molecule has 0 amide bonds. The second-order valence-corrected chi connectivity index (χ2v) is 8.62. The van der Waals surface area contributed by atoms with Gasteiger partial charge in [0.15, 0.2) is 11.3 Å². The minimum atomic E-state index is -0.0650. The summed E-state index contributed by atoms with van der Waals surface area (Å²) in [6.07, 6.45) is 6.05. The monoisotopic (exact) mass is 475 g/mol. The molecular formula is C24H22BrN5O. The summed E-state index contributed by atoms with van der Waals surface area (Å²) < 4.78 is 4.58. The minimum Gasteiger partial charge on any atom is -0.299 e. The van der Waals surface area contributed by atoms with Crippen LogP contribution in [0.1, 0.15) is 32.6 Å². The second-order valence-electron chi connectivity index (χ2n) is 7.70. The average molecular weight is 476 g/mol. The molecule has 0 N–H and O–H groups in total. The number of aryl methyl sites for hydroxylation is 1. The Morgan fingerprint density at radius 2 is 1.74 bits per heavy atom. The van der Waals surface area contributed by atoms with E-state index in [-0.39, 0.29) is 5.56 Å². The van der Waals surface area contributed by atoms with Crippen LogP contribution in [-0.2, 0) is 6.54 Å². The van der Waals surface area contributed by atoms with Crippen molar-refractivity contribution >= 4 is 49.2 Å². The molecule has 0 bridgehead atoms. The maximum absolute atomic E-state index is 13.5. The molecule has 0 aliphatic carbocycles. The number of halogens is 1. The lowest BCUT2D eigenvalue weighted by atomic mass is 10.2. The Hall–Kier alpha value is -3.06. The third-order valence-electron chi connectivity index (χ3n) is 5.55. The number of rotatable bonds is 6. The first kappa shape index (κ1) is 19.9. The molecule has 0 unspecified atom stereocenters. The van der Waals surface area contributed by atoms with Crippen LogP contribution in [-0.4, -0.2) is 24.1 Å². The summed E-state index contributed by atoms with van der Waals surface area (Å²) in [6.45, 7) is 2.84. The van der Waals surface area contributed by atoms with Gasteiger partial charge in [0.1, 0.15) is 10.9 Å². The Bertz CT molecular complexity index is 1470. The summed E-state index contributed by atoms with van der Waals surface area (Å²) in [5.41, 5.74) is 4.18. The van der Waals surface area contributed by atoms with Crippen molar-refractivity contribution < 1.29 is 0 Å². The molecule has 0 saturated heterocycles. The van der Waals surface area contributed by atoms with Crippen LogP contribution in [0, 0.1) is 0 Å². The van der Waals surface area contributed by atoms with Gasteiger partial charge < -0.3 is 0 Å². The summed E-state index contributed by atoms with van der Waals surface area (Å²) in [4.78, 5) is 27.9. The number of para-hydroxylation sites is 2. The molecule has 0 fully saturated rings. The van der Waals surface area contributed by atoms with Crippen LogP contribution in [0.25, 0.3) is 38.9 Å². The molecule has 3 aromatic heterocycles. The summed E-state index contributed by atoms with van der Waals surface area (Å²) in [7, 11) is 0. The van der Waals surface area contributed by atoms with E-state index in [1.54, 1.807) is 10.9 Å². The summed E-state index contributed by atoms with van der Waals surface area (Å²) in [5.74, 6) is 0. The first-order valence-electron chi connectivity index (χ1n) is 10.6. The van der Waals surface area contributed by atoms with Crippen LogP contribution in [0.2, 0.25) is 0 Å². The largest absolute Gasteiger partial charge is 0.299 e. The zero-order chi connectivity index (χ0) is 21.4. The molecule has 0 saturated carbocycles. The molecule has 31 heavy (non-hydrogen) atoms. The highest BCUT2D eigenvalue weighted by atomic mass is 79.9. The number of unbranched alkanes of at least 4 members (excludes halogenated alkanes) is 3. The minimum absolute atomic E-state index is 0.0650. The number of benzene rings is 2. The van der Waals surface area contributed by atoms with E-state index in [9.17, 15) is 4.79 Å². The van der Waals surface area contributed by atoms with Gasteiger partial charge in [-0.2, -0.15) is 0 Å². The maximum Gasteiger partial charge on any atom is 0.265 e. The highest BCUT2D eigenvalue weighted by molar-refractivity contribution is 9.10. The maximum atomic E-state index is 13.5. The Morgan fingerprint density at radius 3 is 2.52 bits per heavy atom. The Kier molecular flexibility index (Phi) is 5.28. The van der Waals surface area contributed by atoms with E-state index < -0.39 is 0 Å². The van der Waals surface area contributed by atoms with Crippen LogP contribution in [0.4, 0.5) is 0 Å². The van der Waals surface area contributed by atoms with Crippen LogP contribution in [0.15, 0.2) is 64.1 Å². The number of nitrogens with zero attached hydrogens (tertiary/aromatic N) is 5. The first-order chi connectivity index (χ1) is 15.2. The molecule has 156 valence electrons. The molecule has 0 aliphatic heterocycles. The SMILES string of the molecule is CCCCCCn1cnc2c(c1=O)c1nc3ccccc3nc1n2-c1cccc(Br)c1.